The van der Waals surface area contributed by atoms with Crippen LogP contribution in [0.15, 0.2) is 24.3 Å². The summed E-state index contributed by atoms with van der Waals surface area (Å²) in [4.78, 5) is 15.6. The van der Waals surface area contributed by atoms with Gasteiger partial charge in [-0.05, 0) is 25.0 Å². The van der Waals surface area contributed by atoms with Gasteiger partial charge in [-0.3, -0.25) is 4.79 Å². The molecule has 1 N–H and O–H groups in total. The summed E-state index contributed by atoms with van der Waals surface area (Å²) in [5.41, 5.74) is 1.02. The van der Waals surface area contributed by atoms with Gasteiger partial charge in [0.05, 0.1) is 26.2 Å². The fourth-order valence-corrected chi connectivity index (χ4v) is 3.13. The highest BCUT2D eigenvalue weighted by molar-refractivity contribution is 5.81. The number of nitrogens with zero attached hydrogens (tertiary/aromatic N) is 1. The molecular formula is C16H22FN2O2+. The highest BCUT2D eigenvalue weighted by Crippen LogP contribution is 2.14. The molecule has 1 aromatic carbocycles. The largest absolute Gasteiger partial charge is 0.368 e. The van der Waals surface area contributed by atoms with E-state index in [2.05, 4.69) is 0 Å². The summed E-state index contributed by atoms with van der Waals surface area (Å²) >= 11 is 0. The maximum atomic E-state index is 13.2. The number of ether oxygens (including phenoxy) is 1. The zero-order valence-corrected chi connectivity index (χ0v) is 12.2. The molecule has 0 radical (unpaired) electrons. The topological polar surface area (TPSA) is 34.0 Å². The van der Waals surface area contributed by atoms with E-state index in [0.29, 0.717) is 6.61 Å². The molecular weight excluding hydrogens is 271 g/mol. The summed E-state index contributed by atoms with van der Waals surface area (Å²) < 4.78 is 18.6. The molecule has 0 unspecified atom stereocenters. The highest BCUT2D eigenvalue weighted by atomic mass is 19.1. The first kappa shape index (κ1) is 14.5. The maximum Gasteiger partial charge on any atom is 0.252 e. The fourth-order valence-electron chi connectivity index (χ4n) is 3.13. The van der Waals surface area contributed by atoms with Gasteiger partial charge in [0.1, 0.15) is 18.5 Å². The monoisotopic (exact) mass is 293 g/mol. The van der Waals surface area contributed by atoms with Crippen molar-refractivity contribution in [3.63, 3.8) is 0 Å². The lowest BCUT2D eigenvalue weighted by molar-refractivity contribution is -0.917. The number of quaternary nitrogens is 1. The number of hydrogen-bond donors (Lipinski definition) is 1. The number of benzene rings is 1. The van der Waals surface area contributed by atoms with Crippen molar-refractivity contribution < 1.29 is 18.8 Å². The second-order valence-electron chi connectivity index (χ2n) is 5.88. The number of carbonyl (C=O) groups is 1. The third kappa shape index (κ3) is 3.60. The molecule has 0 saturated carbocycles. The Balaban J connectivity index is 1.49. The first-order valence-electron chi connectivity index (χ1n) is 7.71. The molecule has 3 rings (SSSR count). The van der Waals surface area contributed by atoms with E-state index in [4.69, 9.17) is 4.74 Å². The summed E-state index contributed by atoms with van der Waals surface area (Å²) in [5, 5.41) is 0. The van der Waals surface area contributed by atoms with E-state index in [0.717, 1.165) is 51.1 Å². The zero-order valence-electron chi connectivity index (χ0n) is 12.2. The number of halogens is 1. The molecule has 2 fully saturated rings. The Hall–Kier alpha value is -1.46. The smallest absolute Gasteiger partial charge is 0.252 e. The van der Waals surface area contributed by atoms with E-state index < -0.39 is 0 Å². The molecule has 1 amide bonds. The second-order valence-corrected chi connectivity index (χ2v) is 5.88. The Labute approximate surface area is 124 Å². The van der Waals surface area contributed by atoms with Crippen LogP contribution in [0.3, 0.4) is 0 Å². The molecule has 2 aliphatic heterocycles. The van der Waals surface area contributed by atoms with E-state index in [1.807, 2.05) is 11.0 Å². The Morgan fingerprint density at radius 2 is 2.19 bits per heavy atom. The number of carbonyl (C=O) groups excluding carboxylic acids is 1. The summed E-state index contributed by atoms with van der Waals surface area (Å²) in [6.07, 6.45) is 1.63. The summed E-state index contributed by atoms with van der Waals surface area (Å²) in [6, 6.07) is 6.77. The van der Waals surface area contributed by atoms with Crippen LogP contribution in [0, 0.1) is 5.82 Å². The Bertz CT molecular complexity index is 495. The van der Waals surface area contributed by atoms with Gasteiger partial charge in [-0.2, -0.15) is 0 Å². The minimum atomic E-state index is -0.213. The number of amides is 1. The van der Waals surface area contributed by atoms with Crippen LogP contribution in [0.25, 0.3) is 0 Å². The van der Waals surface area contributed by atoms with Crippen molar-refractivity contribution in [1.29, 1.82) is 0 Å². The fraction of sp³-hybridized carbons (Fsp3) is 0.562. The molecule has 0 aromatic heterocycles. The van der Waals surface area contributed by atoms with Crippen LogP contribution in [0.2, 0.25) is 0 Å². The van der Waals surface area contributed by atoms with E-state index in [1.54, 1.807) is 12.1 Å². The summed E-state index contributed by atoms with van der Waals surface area (Å²) in [7, 11) is 0. The van der Waals surface area contributed by atoms with Gasteiger partial charge in [0.15, 0.2) is 0 Å². The van der Waals surface area contributed by atoms with Crippen LogP contribution in [0.5, 0.6) is 0 Å². The predicted octanol–water partition coefficient (Wildman–Crippen LogP) is 0.232. The predicted molar refractivity (Wildman–Crippen MR) is 76.4 cm³/mol. The van der Waals surface area contributed by atoms with E-state index in [1.165, 1.54) is 11.0 Å². The van der Waals surface area contributed by atoms with Crippen molar-refractivity contribution in [3.05, 3.63) is 35.6 Å². The number of hydrogen-bond acceptors (Lipinski definition) is 2. The first-order valence-corrected chi connectivity index (χ1v) is 7.71. The van der Waals surface area contributed by atoms with Gasteiger partial charge >= 0.3 is 0 Å². The van der Waals surface area contributed by atoms with Gasteiger partial charge in [0, 0.05) is 12.2 Å². The lowest BCUT2D eigenvalue weighted by Crippen LogP contribution is -3.13. The molecule has 2 aliphatic rings. The molecule has 1 aromatic rings. The van der Waals surface area contributed by atoms with Crippen molar-refractivity contribution in [2.24, 2.45) is 0 Å². The lowest BCUT2D eigenvalue weighted by Gasteiger charge is -2.33. The van der Waals surface area contributed by atoms with Crippen LogP contribution < -0.4 is 4.90 Å². The van der Waals surface area contributed by atoms with Gasteiger partial charge in [-0.1, -0.05) is 12.1 Å². The third-order valence-corrected chi connectivity index (χ3v) is 4.33. The average molecular weight is 293 g/mol. The summed E-state index contributed by atoms with van der Waals surface area (Å²) in [5.74, 6) is -0.0311. The second kappa shape index (κ2) is 6.54. The van der Waals surface area contributed by atoms with Crippen LogP contribution in [0.1, 0.15) is 18.4 Å². The van der Waals surface area contributed by atoms with Gasteiger partial charge in [-0.15, -0.1) is 0 Å². The first-order chi connectivity index (χ1) is 10.2. The molecule has 0 aliphatic carbocycles. The van der Waals surface area contributed by atoms with Gasteiger partial charge in [-0.25, -0.2) is 4.39 Å². The van der Waals surface area contributed by atoms with E-state index >= 15 is 0 Å². The van der Waals surface area contributed by atoms with Gasteiger partial charge < -0.3 is 14.5 Å². The standard InChI is InChI=1S/C16H21FN2O2/c17-14-4-1-3-13(11-14)12-18-6-8-19(9-7-18)16(20)15-5-2-10-21-15/h1,3-4,11,15H,2,5-10,12H2/p+1/t15-/m1/s1. The van der Waals surface area contributed by atoms with Crippen LogP contribution in [0.4, 0.5) is 4.39 Å². The number of rotatable bonds is 3. The average Bonchev–Trinajstić information content (AvgIpc) is 3.01. The molecule has 5 heteroatoms. The van der Waals surface area contributed by atoms with Crippen molar-refractivity contribution >= 4 is 5.91 Å². The van der Waals surface area contributed by atoms with Crippen molar-refractivity contribution in [3.8, 4) is 0 Å². The lowest BCUT2D eigenvalue weighted by atomic mass is 10.1. The third-order valence-electron chi connectivity index (χ3n) is 4.33. The van der Waals surface area contributed by atoms with E-state index in [-0.39, 0.29) is 17.8 Å². The molecule has 0 bridgehead atoms. The minimum absolute atomic E-state index is 0.150. The van der Waals surface area contributed by atoms with Crippen LogP contribution >= 0.6 is 0 Å². The highest BCUT2D eigenvalue weighted by Gasteiger charge is 2.31. The normalized spacial score (nSPS) is 23.5. The Kier molecular flexibility index (Phi) is 4.51. The van der Waals surface area contributed by atoms with Gasteiger partial charge in [0.25, 0.3) is 5.91 Å². The number of piperazine rings is 1. The molecule has 114 valence electrons. The molecule has 2 heterocycles. The summed E-state index contributed by atoms with van der Waals surface area (Å²) in [6.45, 7) is 4.89. The Morgan fingerprint density at radius 1 is 1.38 bits per heavy atom. The SMILES string of the molecule is O=C([C@H]1CCCO1)N1CC[NH+](Cc2cccc(F)c2)CC1. The molecule has 0 spiro atoms. The van der Waals surface area contributed by atoms with Crippen molar-refractivity contribution in [1.82, 2.24) is 4.90 Å². The Morgan fingerprint density at radius 3 is 2.86 bits per heavy atom. The van der Waals surface area contributed by atoms with E-state index in [9.17, 15) is 9.18 Å². The molecule has 2 saturated heterocycles. The molecule has 21 heavy (non-hydrogen) atoms. The van der Waals surface area contributed by atoms with Crippen LogP contribution in [-0.2, 0) is 16.1 Å². The van der Waals surface area contributed by atoms with Crippen LogP contribution in [-0.4, -0.2) is 49.7 Å². The molecule has 1 atom stereocenters. The quantitative estimate of drug-likeness (QED) is 0.866. The zero-order chi connectivity index (χ0) is 14.7. The molecule has 4 nitrogen and oxygen atoms in total. The van der Waals surface area contributed by atoms with Crippen molar-refractivity contribution in [2.45, 2.75) is 25.5 Å². The number of nitrogens with one attached hydrogen (secondary N) is 1. The minimum Gasteiger partial charge on any atom is -0.368 e. The maximum absolute atomic E-state index is 13.2. The van der Waals surface area contributed by atoms with Crippen molar-refractivity contribution in [2.75, 3.05) is 32.8 Å². The van der Waals surface area contributed by atoms with Gasteiger partial charge in [0.2, 0.25) is 0 Å².